The lowest BCUT2D eigenvalue weighted by Crippen LogP contribution is -2.09. The molecule has 1 aromatic carbocycles. The maximum atomic E-state index is 11.3. The molecule has 0 fully saturated rings. The zero-order chi connectivity index (χ0) is 12.1. The predicted molar refractivity (Wildman–Crippen MR) is 62.2 cm³/mol. The Balaban J connectivity index is 2.76. The average molecular weight is 223 g/mol. The first kappa shape index (κ1) is 12.4. The van der Waals surface area contributed by atoms with Crippen molar-refractivity contribution in [3.05, 3.63) is 23.8 Å². The Morgan fingerprint density at radius 2 is 2.25 bits per heavy atom. The number of hydrogen-bond acceptors (Lipinski definition) is 4. The summed E-state index contributed by atoms with van der Waals surface area (Å²) >= 11 is 0. The Hall–Kier alpha value is -1.71. The number of aromatic hydroxyl groups is 1. The number of phenolic OH excluding ortho intramolecular Hbond substituents is 1. The third kappa shape index (κ3) is 2.89. The van der Waals surface area contributed by atoms with Crippen LogP contribution in [0.3, 0.4) is 0 Å². The SMILES string of the molecule is CCOC(=O)C[C@H](C)c1cccc(O)c1N. The van der Waals surface area contributed by atoms with Gasteiger partial charge in [0.1, 0.15) is 5.75 Å². The normalized spacial score (nSPS) is 12.1. The molecule has 0 aliphatic heterocycles. The van der Waals surface area contributed by atoms with Gasteiger partial charge in [0.2, 0.25) is 0 Å². The van der Waals surface area contributed by atoms with Gasteiger partial charge in [-0.05, 0) is 24.5 Å². The monoisotopic (exact) mass is 223 g/mol. The summed E-state index contributed by atoms with van der Waals surface area (Å²) in [6.07, 6.45) is 0.265. The van der Waals surface area contributed by atoms with Crippen LogP contribution in [0.4, 0.5) is 5.69 Å². The van der Waals surface area contributed by atoms with Crippen molar-refractivity contribution in [1.29, 1.82) is 0 Å². The molecule has 16 heavy (non-hydrogen) atoms. The topological polar surface area (TPSA) is 72.5 Å². The summed E-state index contributed by atoms with van der Waals surface area (Å²) in [6, 6.07) is 5.04. The summed E-state index contributed by atoms with van der Waals surface area (Å²) in [4.78, 5) is 11.3. The van der Waals surface area contributed by atoms with Crippen molar-refractivity contribution in [2.45, 2.75) is 26.2 Å². The van der Waals surface area contributed by atoms with Gasteiger partial charge in [0.15, 0.2) is 0 Å². The van der Waals surface area contributed by atoms with Crippen LogP contribution in [0, 0.1) is 0 Å². The highest BCUT2D eigenvalue weighted by molar-refractivity contribution is 5.71. The summed E-state index contributed by atoms with van der Waals surface area (Å²) in [6.45, 7) is 4.02. The van der Waals surface area contributed by atoms with Crippen molar-refractivity contribution in [2.24, 2.45) is 0 Å². The van der Waals surface area contributed by atoms with Crippen LogP contribution in [0.5, 0.6) is 5.75 Å². The molecule has 88 valence electrons. The van der Waals surface area contributed by atoms with Gasteiger partial charge in [-0.1, -0.05) is 19.1 Å². The molecule has 4 heteroatoms. The number of para-hydroxylation sites is 1. The molecule has 0 amide bonds. The lowest BCUT2D eigenvalue weighted by Gasteiger charge is -2.14. The van der Waals surface area contributed by atoms with Crippen LogP contribution in [0.15, 0.2) is 18.2 Å². The lowest BCUT2D eigenvalue weighted by molar-refractivity contribution is -0.143. The van der Waals surface area contributed by atoms with Gasteiger partial charge < -0.3 is 15.6 Å². The Kier molecular flexibility index (Phi) is 4.17. The van der Waals surface area contributed by atoms with Crippen LogP contribution in [-0.2, 0) is 9.53 Å². The van der Waals surface area contributed by atoms with Crippen LogP contribution in [-0.4, -0.2) is 17.7 Å². The molecule has 0 aliphatic rings. The van der Waals surface area contributed by atoms with E-state index in [1.165, 1.54) is 6.07 Å². The number of ether oxygens (including phenoxy) is 1. The Bertz CT molecular complexity index is 377. The minimum atomic E-state index is -0.252. The molecule has 0 radical (unpaired) electrons. The third-order valence-electron chi connectivity index (χ3n) is 2.43. The van der Waals surface area contributed by atoms with Gasteiger partial charge in [-0.2, -0.15) is 0 Å². The first-order chi connectivity index (χ1) is 7.56. The summed E-state index contributed by atoms with van der Waals surface area (Å²) in [5.41, 5.74) is 6.84. The average Bonchev–Trinajstić information content (AvgIpc) is 2.22. The fourth-order valence-electron chi connectivity index (χ4n) is 1.58. The molecule has 4 nitrogen and oxygen atoms in total. The van der Waals surface area contributed by atoms with Gasteiger partial charge in [-0.25, -0.2) is 0 Å². The maximum Gasteiger partial charge on any atom is 0.306 e. The number of carbonyl (C=O) groups is 1. The number of nitrogens with two attached hydrogens (primary N) is 1. The number of rotatable bonds is 4. The van der Waals surface area contributed by atoms with Crippen LogP contribution in [0.1, 0.15) is 31.7 Å². The number of esters is 1. The van der Waals surface area contributed by atoms with Gasteiger partial charge in [-0.3, -0.25) is 4.79 Å². The Morgan fingerprint density at radius 1 is 1.56 bits per heavy atom. The molecule has 1 atom stereocenters. The van der Waals surface area contributed by atoms with E-state index in [-0.39, 0.29) is 24.1 Å². The van der Waals surface area contributed by atoms with E-state index in [0.717, 1.165) is 5.56 Å². The number of nitrogen functional groups attached to an aromatic ring is 1. The molecule has 0 saturated heterocycles. The fraction of sp³-hybridized carbons (Fsp3) is 0.417. The van der Waals surface area contributed by atoms with Crippen molar-refractivity contribution >= 4 is 11.7 Å². The zero-order valence-corrected chi connectivity index (χ0v) is 9.56. The smallest absolute Gasteiger partial charge is 0.306 e. The minimum absolute atomic E-state index is 0.0493. The molecule has 3 N–H and O–H groups in total. The Morgan fingerprint density at radius 3 is 2.88 bits per heavy atom. The first-order valence-corrected chi connectivity index (χ1v) is 5.29. The summed E-state index contributed by atoms with van der Waals surface area (Å²) in [5.74, 6) is -0.267. The molecule has 1 aromatic rings. The van der Waals surface area contributed by atoms with Crippen molar-refractivity contribution in [2.75, 3.05) is 12.3 Å². The molecule has 0 aromatic heterocycles. The molecule has 0 saturated carbocycles. The van der Waals surface area contributed by atoms with Gasteiger partial charge in [0.05, 0.1) is 18.7 Å². The van der Waals surface area contributed by atoms with Crippen molar-refractivity contribution in [3.63, 3.8) is 0 Å². The van der Waals surface area contributed by atoms with Gasteiger partial charge >= 0.3 is 5.97 Å². The molecule has 0 spiro atoms. The lowest BCUT2D eigenvalue weighted by atomic mass is 9.96. The van der Waals surface area contributed by atoms with Crippen LogP contribution < -0.4 is 5.73 Å². The van der Waals surface area contributed by atoms with Crippen LogP contribution in [0.25, 0.3) is 0 Å². The number of anilines is 1. The largest absolute Gasteiger partial charge is 0.506 e. The summed E-state index contributed by atoms with van der Waals surface area (Å²) < 4.78 is 4.86. The Labute approximate surface area is 95.0 Å². The van der Waals surface area contributed by atoms with E-state index in [0.29, 0.717) is 12.3 Å². The van der Waals surface area contributed by atoms with E-state index in [9.17, 15) is 9.90 Å². The van der Waals surface area contributed by atoms with Crippen LogP contribution in [0.2, 0.25) is 0 Å². The standard InChI is InChI=1S/C12H17NO3/c1-3-16-11(15)7-8(2)9-5-4-6-10(14)12(9)13/h4-6,8,14H,3,7,13H2,1-2H3/t8-/m0/s1. The third-order valence-corrected chi connectivity index (χ3v) is 2.43. The molecule has 0 aliphatic carbocycles. The number of phenols is 1. The highest BCUT2D eigenvalue weighted by atomic mass is 16.5. The predicted octanol–water partition coefficient (Wildman–Crippen LogP) is 2.03. The van der Waals surface area contributed by atoms with Crippen molar-refractivity contribution in [1.82, 2.24) is 0 Å². The second kappa shape index (κ2) is 5.39. The number of carbonyl (C=O) groups excluding carboxylic acids is 1. The first-order valence-electron chi connectivity index (χ1n) is 5.29. The van der Waals surface area contributed by atoms with Gasteiger partial charge in [0.25, 0.3) is 0 Å². The maximum absolute atomic E-state index is 11.3. The fourth-order valence-corrected chi connectivity index (χ4v) is 1.58. The highest BCUT2D eigenvalue weighted by Gasteiger charge is 2.15. The van der Waals surface area contributed by atoms with Gasteiger partial charge in [-0.15, -0.1) is 0 Å². The number of hydrogen-bond donors (Lipinski definition) is 2. The zero-order valence-electron chi connectivity index (χ0n) is 9.56. The highest BCUT2D eigenvalue weighted by Crippen LogP contribution is 2.31. The quantitative estimate of drug-likeness (QED) is 0.465. The molecular weight excluding hydrogens is 206 g/mol. The van der Waals surface area contributed by atoms with E-state index in [4.69, 9.17) is 10.5 Å². The summed E-state index contributed by atoms with van der Waals surface area (Å²) in [5, 5.41) is 9.45. The molecular formula is C12H17NO3. The second-order valence-electron chi connectivity index (χ2n) is 3.69. The minimum Gasteiger partial charge on any atom is -0.506 e. The van der Waals surface area contributed by atoms with E-state index < -0.39 is 0 Å². The van der Waals surface area contributed by atoms with E-state index in [1.54, 1.807) is 19.1 Å². The summed E-state index contributed by atoms with van der Waals surface area (Å²) in [7, 11) is 0. The van der Waals surface area contributed by atoms with Crippen LogP contribution >= 0.6 is 0 Å². The molecule has 0 heterocycles. The molecule has 1 rings (SSSR count). The van der Waals surface area contributed by atoms with Gasteiger partial charge in [0, 0.05) is 0 Å². The molecule has 0 bridgehead atoms. The van der Waals surface area contributed by atoms with Crippen molar-refractivity contribution in [3.8, 4) is 5.75 Å². The van der Waals surface area contributed by atoms with E-state index in [1.807, 2.05) is 6.92 Å². The van der Waals surface area contributed by atoms with E-state index in [2.05, 4.69) is 0 Å². The van der Waals surface area contributed by atoms with E-state index >= 15 is 0 Å². The molecule has 0 unspecified atom stereocenters. The van der Waals surface area contributed by atoms with Crippen molar-refractivity contribution < 1.29 is 14.6 Å². The second-order valence-corrected chi connectivity index (χ2v) is 3.69. The number of benzene rings is 1.